The third kappa shape index (κ3) is 1.61. The third-order valence-corrected chi connectivity index (χ3v) is 3.00. The van der Waals surface area contributed by atoms with Gasteiger partial charge in [-0.3, -0.25) is 4.68 Å². The van der Waals surface area contributed by atoms with Crippen LogP contribution in [0.3, 0.4) is 0 Å². The van der Waals surface area contributed by atoms with Crippen LogP contribution < -0.4 is 5.32 Å². The average molecular weight is 179 g/mol. The summed E-state index contributed by atoms with van der Waals surface area (Å²) in [6.07, 6.45) is 3.71. The van der Waals surface area contributed by atoms with Crippen LogP contribution in [0.15, 0.2) is 6.07 Å². The molecule has 1 aliphatic carbocycles. The van der Waals surface area contributed by atoms with E-state index in [0.29, 0.717) is 5.54 Å². The summed E-state index contributed by atoms with van der Waals surface area (Å²) in [5.41, 5.74) is 2.84. The van der Waals surface area contributed by atoms with E-state index in [9.17, 15) is 0 Å². The Kier molecular flexibility index (Phi) is 1.91. The summed E-state index contributed by atoms with van der Waals surface area (Å²) in [7, 11) is 4.07. The molecule has 0 spiro atoms. The Labute approximate surface area is 79.1 Å². The van der Waals surface area contributed by atoms with Crippen molar-refractivity contribution in [1.82, 2.24) is 15.1 Å². The highest BCUT2D eigenvalue weighted by molar-refractivity contribution is 5.16. The molecule has 1 aromatic heterocycles. The van der Waals surface area contributed by atoms with Gasteiger partial charge in [0.15, 0.2) is 0 Å². The number of nitrogens with zero attached hydrogens (tertiary/aromatic N) is 2. The number of rotatable bonds is 3. The van der Waals surface area contributed by atoms with E-state index in [0.717, 1.165) is 12.1 Å². The molecule has 1 heterocycles. The van der Waals surface area contributed by atoms with Crippen molar-refractivity contribution in [3.8, 4) is 0 Å². The number of nitrogens with one attached hydrogen (secondary N) is 1. The molecular formula is C10H17N3. The molecule has 0 bridgehead atoms. The van der Waals surface area contributed by atoms with E-state index in [1.54, 1.807) is 0 Å². The SMILES string of the molecule is CNC1(Cc2cc(C)nn2C)CC1. The standard InChI is InChI=1S/C10H17N3/c1-8-6-9(13(3)12-8)7-10(11-2)4-5-10/h6,11H,4-5,7H2,1-3H3. The van der Waals surface area contributed by atoms with Crippen LogP contribution in [0.5, 0.6) is 0 Å². The molecule has 0 aliphatic heterocycles. The second-order valence-corrected chi connectivity index (χ2v) is 4.11. The number of aromatic nitrogens is 2. The zero-order chi connectivity index (χ0) is 9.47. The lowest BCUT2D eigenvalue weighted by molar-refractivity contribution is 0.525. The van der Waals surface area contributed by atoms with Gasteiger partial charge in [-0.15, -0.1) is 0 Å². The normalized spacial score (nSPS) is 19.0. The fraction of sp³-hybridized carbons (Fsp3) is 0.700. The van der Waals surface area contributed by atoms with E-state index in [1.165, 1.54) is 18.5 Å². The minimum Gasteiger partial charge on any atom is -0.314 e. The predicted molar refractivity (Wildman–Crippen MR) is 52.7 cm³/mol. The van der Waals surface area contributed by atoms with Crippen LogP contribution in [0.1, 0.15) is 24.2 Å². The molecule has 1 aromatic rings. The lowest BCUT2D eigenvalue weighted by Gasteiger charge is -2.13. The summed E-state index contributed by atoms with van der Waals surface area (Å²) < 4.78 is 1.99. The Morgan fingerprint density at radius 3 is 2.69 bits per heavy atom. The van der Waals surface area contributed by atoms with Gasteiger partial charge < -0.3 is 5.32 Å². The maximum absolute atomic E-state index is 4.35. The molecule has 13 heavy (non-hydrogen) atoms. The summed E-state index contributed by atoms with van der Waals surface area (Å²) in [5, 5.41) is 7.74. The lowest BCUT2D eigenvalue weighted by atomic mass is 10.1. The van der Waals surface area contributed by atoms with Crippen LogP contribution >= 0.6 is 0 Å². The fourth-order valence-electron chi connectivity index (χ4n) is 1.84. The second-order valence-electron chi connectivity index (χ2n) is 4.11. The molecule has 2 rings (SSSR count). The number of hydrogen-bond acceptors (Lipinski definition) is 2. The first-order valence-corrected chi connectivity index (χ1v) is 4.84. The highest BCUT2D eigenvalue weighted by Crippen LogP contribution is 2.37. The molecule has 3 heteroatoms. The maximum atomic E-state index is 4.35. The van der Waals surface area contributed by atoms with Gasteiger partial charge in [0, 0.05) is 24.7 Å². The molecule has 0 amide bonds. The minimum absolute atomic E-state index is 0.389. The smallest absolute Gasteiger partial charge is 0.0596 e. The van der Waals surface area contributed by atoms with Gasteiger partial charge in [0.05, 0.1) is 5.69 Å². The molecule has 72 valence electrons. The predicted octanol–water partition coefficient (Wildman–Crippen LogP) is 1.02. The van der Waals surface area contributed by atoms with Crippen LogP contribution in [-0.2, 0) is 13.5 Å². The van der Waals surface area contributed by atoms with Gasteiger partial charge in [-0.05, 0) is 32.9 Å². The molecule has 0 aromatic carbocycles. The van der Waals surface area contributed by atoms with Gasteiger partial charge in [0.25, 0.3) is 0 Å². The summed E-state index contributed by atoms with van der Waals surface area (Å²) in [6, 6.07) is 2.18. The molecule has 3 nitrogen and oxygen atoms in total. The molecule has 0 radical (unpaired) electrons. The molecule has 0 atom stereocenters. The molecule has 1 saturated carbocycles. The van der Waals surface area contributed by atoms with Crippen LogP contribution in [0, 0.1) is 6.92 Å². The third-order valence-electron chi connectivity index (χ3n) is 3.00. The van der Waals surface area contributed by atoms with E-state index >= 15 is 0 Å². The monoisotopic (exact) mass is 179 g/mol. The average Bonchev–Trinajstić information content (AvgIpc) is 2.77. The van der Waals surface area contributed by atoms with Gasteiger partial charge >= 0.3 is 0 Å². The highest BCUT2D eigenvalue weighted by atomic mass is 15.3. The van der Waals surface area contributed by atoms with Crippen LogP contribution in [0.25, 0.3) is 0 Å². The number of likely N-dealkylation sites (N-methyl/N-ethyl adjacent to an activating group) is 1. The summed E-state index contributed by atoms with van der Waals surface area (Å²) in [4.78, 5) is 0. The van der Waals surface area contributed by atoms with E-state index < -0.39 is 0 Å². The first-order chi connectivity index (χ1) is 6.15. The number of hydrogen-bond donors (Lipinski definition) is 1. The Hall–Kier alpha value is -0.830. The van der Waals surface area contributed by atoms with Crippen molar-refractivity contribution >= 4 is 0 Å². The zero-order valence-corrected chi connectivity index (χ0v) is 8.59. The summed E-state index contributed by atoms with van der Waals surface area (Å²) in [6.45, 7) is 2.04. The Balaban J connectivity index is 2.13. The summed E-state index contributed by atoms with van der Waals surface area (Å²) in [5.74, 6) is 0. The van der Waals surface area contributed by atoms with Crippen molar-refractivity contribution in [3.63, 3.8) is 0 Å². The van der Waals surface area contributed by atoms with Crippen molar-refractivity contribution < 1.29 is 0 Å². The fourth-order valence-corrected chi connectivity index (χ4v) is 1.84. The van der Waals surface area contributed by atoms with Gasteiger partial charge in [0.1, 0.15) is 0 Å². The second kappa shape index (κ2) is 2.84. The van der Waals surface area contributed by atoms with Crippen LogP contribution in [0.4, 0.5) is 0 Å². The largest absolute Gasteiger partial charge is 0.314 e. The molecule has 0 unspecified atom stereocenters. The highest BCUT2D eigenvalue weighted by Gasteiger charge is 2.41. The molecule has 1 fully saturated rings. The van der Waals surface area contributed by atoms with Gasteiger partial charge in [-0.1, -0.05) is 0 Å². The first kappa shape index (κ1) is 8.75. The first-order valence-electron chi connectivity index (χ1n) is 4.84. The van der Waals surface area contributed by atoms with Gasteiger partial charge in [-0.2, -0.15) is 5.10 Å². The molecular weight excluding hydrogens is 162 g/mol. The Morgan fingerprint density at radius 2 is 2.31 bits per heavy atom. The van der Waals surface area contributed by atoms with Crippen LogP contribution in [0.2, 0.25) is 0 Å². The van der Waals surface area contributed by atoms with E-state index in [1.807, 2.05) is 18.7 Å². The number of aryl methyl sites for hydroxylation is 2. The van der Waals surface area contributed by atoms with Gasteiger partial charge in [-0.25, -0.2) is 0 Å². The van der Waals surface area contributed by atoms with Crippen molar-refractivity contribution in [2.24, 2.45) is 7.05 Å². The van der Waals surface area contributed by atoms with E-state index in [-0.39, 0.29) is 0 Å². The topological polar surface area (TPSA) is 29.9 Å². The van der Waals surface area contributed by atoms with Crippen LogP contribution in [-0.4, -0.2) is 22.4 Å². The zero-order valence-electron chi connectivity index (χ0n) is 8.59. The van der Waals surface area contributed by atoms with Crippen molar-refractivity contribution in [1.29, 1.82) is 0 Å². The summed E-state index contributed by atoms with van der Waals surface area (Å²) >= 11 is 0. The van der Waals surface area contributed by atoms with E-state index in [2.05, 4.69) is 23.5 Å². The maximum Gasteiger partial charge on any atom is 0.0596 e. The quantitative estimate of drug-likeness (QED) is 0.751. The van der Waals surface area contributed by atoms with Crippen molar-refractivity contribution in [2.75, 3.05) is 7.05 Å². The van der Waals surface area contributed by atoms with E-state index in [4.69, 9.17) is 0 Å². The van der Waals surface area contributed by atoms with Gasteiger partial charge in [0.2, 0.25) is 0 Å². The Bertz CT molecular complexity index is 310. The molecule has 1 aliphatic rings. The Morgan fingerprint density at radius 1 is 1.62 bits per heavy atom. The molecule has 0 saturated heterocycles. The molecule has 1 N–H and O–H groups in total. The van der Waals surface area contributed by atoms with Crippen molar-refractivity contribution in [2.45, 2.75) is 31.7 Å². The lowest BCUT2D eigenvalue weighted by Crippen LogP contribution is -2.30. The minimum atomic E-state index is 0.389. The van der Waals surface area contributed by atoms with Crippen molar-refractivity contribution in [3.05, 3.63) is 17.5 Å².